The van der Waals surface area contributed by atoms with Gasteiger partial charge < -0.3 is 10.4 Å². The normalized spacial score (nSPS) is 20.5. The van der Waals surface area contributed by atoms with Crippen LogP contribution in [0.1, 0.15) is 33.1 Å². The zero-order valence-electron chi connectivity index (χ0n) is 9.53. The van der Waals surface area contributed by atoms with Crippen LogP contribution in [0.3, 0.4) is 0 Å². The highest BCUT2D eigenvalue weighted by molar-refractivity contribution is 8.00. The Bertz CT molecular complexity index is 205. The molecule has 2 N–H and O–H groups in total. The van der Waals surface area contributed by atoms with Gasteiger partial charge in [-0.2, -0.15) is 0 Å². The SMILES string of the molecule is CC(O)C(C)SCC(=O)NCC1CCC1. The number of amides is 1. The van der Waals surface area contributed by atoms with Crippen LogP contribution in [0, 0.1) is 5.92 Å². The molecule has 1 fully saturated rings. The molecule has 1 rings (SSSR count). The molecule has 0 bridgehead atoms. The van der Waals surface area contributed by atoms with Crippen molar-refractivity contribution in [1.82, 2.24) is 5.32 Å². The molecule has 0 aromatic heterocycles. The topological polar surface area (TPSA) is 49.3 Å². The van der Waals surface area contributed by atoms with Crippen LogP contribution in [0.15, 0.2) is 0 Å². The van der Waals surface area contributed by atoms with Crippen LogP contribution in [0.2, 0.25) is 0 Å². The van der Waals surface area contributed by atoms with Crippen molar-refractivity contribution >= 4 is 17.7 Å². The summed E-state index contributed by atoms with van der Waals surface area (Å²) in [6.07, 6.45) is 3.48. The fourth-order valence-corrected chi connectivity index (χ4v) is 2.15. The third kappa shape index (κ3) is 4.89. The van der Waals surface area contributed by atoms with E-state index in [1.807, 2.05) is 6.92 Å². The molecule has 3 nitrogen and oxygen atoms in total. The van der Waals surface area contributed by atoms with E-state index in [0.29, 0.717) is 11.7 Å². The van der Waals surface area contributed by atoms with Crippen LogP contribution in [-0.4, -0.2) is 34.7 Å². The Kier molecular flexibility index (Phi) is 5.47. The average Bonchev–Trinajstić information content (AvgIpc) is 2.11. The number of rotatable bonds is 6. The van der Waals surface area contributed by atoms with Crippen molar-refractivity contribution in [3.05, 3.63) is 0 Å². The fourth-order valence-electron chi connectivity index (χ4n) is 1.35. The van der Waals surface area contributed by atoms with Crippen LogP contribution in [0.5, 0.6) is 0 Å². The van der Waals surface area contributed by atoms with Crippen molar-refractivity contribution in [2.45, 2.75) is 44.5 Å². The van der Waals surface area contributed by atoms with Gasteiger partial charge in [0.1, 0.15) is 0 Å². The van der Waals surface area contributed by atoms with E-state index in [4.69, 9.17) is 0 Å². The van der Waals surface area contributed by atoms with E-state index >= 15 is 0 Å². The van der Waals surface area contributed by atoms with Gasteiger partial charge >= 0.3 is 0 Å². The van der Waals surface area contributed by atoms with Gasteiger partial charge in [0.15, 0.2) is 0 Å². The summed E-state index contributed by atoms with van der Waals surface area (Å²) in [5.41, 5.74) is 0. The van der Waals surface area contributed by atoms with Gasteiger partial charge in [-0.3, -0.25) is 4.79 Å². The van der Waals surface area contributed by atoms with Crippen LogP contribution in [0.25, 0.3) is 0 Å². The number of thioether (sulfide) groups is 1. The zero-order valence-corrected chi connectivity index (χ0v) is 10.3. The van der Waals surface area contributed by atoms with E-state index in [1.165, 1.54) is 31.0 Å². The molecule has 0 saturated heterocycles. The molecule has 1 saturated carbocycles. The maximum absolute atomic E-state index is 11.4. The smallest absolute Gasteiger partial charge is 0.230 e. The second-order valence-electron chi connectivity index (χ2n) is 4.36. The first kappa shape index (κ1) is 12.8. The monoisotopic (exact) mass is 231 g/mol. The minimum atomic E-state index is -0.352. The number of aliphatic hydroxyl groups excluding tert-OH is 1. The van der Waals surface area contributed by atoms with Gasteiger partial charge in [0.05, 0.1) is 11.9 Å². The summed E-state index contributed by atoms with van der Waals surface area (Å²) in [5, 5.41) is 12.3. The second kappa shape index (κ2) is 6.38. The summed E-state index contributed by atoms with van der Waals surface area (Å²) in [4.78, 5) is 11.4. The number of carbonyl (C=O) groups excluding carboxylic acids is 1. The molecule has 0 aromatic rings. The molecule has 1 aliphatic rings. The van der Waals surface area contributed by atoms with Gasteiger partial charge in [0, 0.05) is 11.8 Å². The predicted molar refractivity (Wildman–Crippen MR) is 64.0 cm³/mol. The van der Waals surface area contributed by atoms with Crippen molar-refractivity contribution in [3.8, 4) is 0 Å². The Morgan fingerprint density at radius 2 is 2.20 bits per heavy atom. The summed E-state index contributed by atoms with van der Waals surface area (Å²) in [6.45, 7) is 4.53. The zero-order chi connectivity index (χ0) is 11.3. The van der Waals surface area contributed by atoms with Gasteiger partial charge in [-0.15, -0.1) is 11.8 Å². The van der Waals surface area contributed by atoms with Gasteiger partial charge in [-0.05, 0) is 25.7 Å². The number of hydrogen-bond acceptors (Lipinski definition) is 3. The molecule has 0 aliphatic heterocycles. The molecular formula is C11H21NO2S. The van der Waals surface area contributed by atoms with Crippen LogP contribution in [0.4, 0.5) is 0 Å². The molecule has 15 heavy (non-hydrogen) atoms. The van der Waals surface area contributed by atoms with E-state index in [1.54, 1.807) is 6.92 Å². The van der Waals surface area contributed by atoms with Crippen molar-refractivity contribution in [2.75, 3.05) is 12.3 Å². The summed E-state index contributed by atoms with van der Waals surface area (Å²) in [5.74, 6) is 1.27. The number of aliphatic hydroxyl groups is 1. The molecule has 2 unspecified atom stereocenters. The van der Waals surface area contributed by atoms with Crippen molar-refractivity contribution in [2.24, 2.45) is 5.92 Å². The molecule has 2 atom stereocenters. The highest BCUT2D eigenvalue weighted by Crippen LogP contribution is 2.25. The molecule has 0 spiro atoms. The molecule has 4 heteroatoms. The average molecular weight is 231 g/mol. The quantitative estimate of drug-likeness (QED) is 0.726. The summed E-state index contributed by atoms with van der Waals surface area (Å²) >= 11 is 1.51. The van der Waals surface area contributed by atoms with Crippen molar-refractivity contribution < 1.29 is 9.90 Å². The van der Waals surface area contributed by atoms with E-state index in [0.717, 1.165) is 6.54 Å². The number of nitrogens with one attached hydrogen (secondary N) is 1. The highest BCUT2D eigenvalue weighted by atomic mass is 32.2. The van der Waals surface area contributed by atoms with Crippen molar-refractivity contribution in [1.29, 1.82) is 0 Å². The van der Waals surface area contributed by atoms with Crippen LogP contribution in [-0.2, 0) is 4.79 Å². The molecule has 0 heterocycles. The number of hydrogen-bond donors (Lipinski definition) is 2. The molecule has 0 aromatic carbocycles. The summed E-state index contributed by atoms with van der Waals surface area (Å²) in [6, 6.07) is 0. The lowest BCUT2D eigenvalue weighted by atomic mass is 9.85. The molecular weight excluding hydrogens is 210 g/mol. The van der Waals surface area contributed by atoms with Crippen molar-refractivity contribution in [3.63, 3.8) is 0 Å². The van der Waals surface area contributed by atoms with E-state index < -0.39 is 0 Å². The largest absolute Gasteiger partial charge is 0.392 e. The van der Waals surface area contributed by atoms with Gasteiger partial charge in [0.25, 0.3) is 0 Å². The Balaban J connectivity index is 2.02. The summed E-state index contributed by atoms with van der Waals surface area (Å²) in [7, 11) is 0. The van der Waals surface area contributed by atoms with E-state index in [9.17, 15) is 9.90 Å². The molecule has 0 radical (unpaired) electrons. The minimum absolute atomic E-state index is 0.0967. The third-order valence-corrected chi connectivity index (χ3v) is 4.32. The maximum atomic E-state index is 11.4. The minimum Gasteiger partial charge on any atom is -0.392 e. The first-order valence-corrected chi connectivity index (χ1v) is 6.71. The lowest BCUT2D eigenvalue weighted by Crippen LogP contribution is -2.33. The Labute approximate surface area is 96.0 Å². The highest BCUT2D eigenvalue weighted by Gasteiger charge is 2.18. The third-order valence-electron chi connectivity index (χ3n) is 2.97. The Morgan fingerprint density at radius 1 is 1.53 bits per heavy atom. The molecule has 88 valence electrons. The lowest BCUT2D eigenvalue weighted by molar-refractivity contribution is -0.118. The first-order valence-electron chi connectivity index (χ1n) is 5.66. The Morgan fingerprint density at radius 3 is 2.67 bits per heavy atom. The van der Waals surface area contributed by atoms with Crippen LogP contribution < -0.4 is 5.32 Å². The van der Waals surface area contributed by atoms with E-state index in [-0.39, 0.29) is 17.3 Å². The maximum Gasteiger partial charge on any atom is 0.230 e. The summed E-state index contributed by atoms with van der Waals surface area (Å²) < 4.78 is 0. The fraction of sp³-hybridized carbons (Fsp3) is 0.909. The van der Waals surface area contributed by atoms with Gasteiger partial charge in [-0.25, -0.2) is 0 Å². The standard InChI is InChI=1S/C11H21NO2S/c1-8(13)9(2)15-7-11(14)12-6-10-4-3-5-10/h8-10,13H,3-7H2,1-2H3,(H,12,14). The lowest BCUT2D eigenvalue weighted by Gasteiger charge is -2.25. The predicted octanol–water partition coefficient (Wildman–Crippen LogP) is 1.41. The van der Waals surface area contributed by atoms with E-state index in [2.05, 4.69) is 5.32 Å². The first-order chi connectivity index (χ1) is 7.09. The van der Waals surface area contributed by atoms with Gasteiger partial charge in [0.2, 0.25) is 5.91 Å². The number of carbonyl (C=O) groups is 1. The van der Waals surface area contributed by atoms with Gasteiger partial charge in [-0.1, -0.05) is 13.3 Å². The van der Waals surface area contributed by atoms with Crippen LogP contribution >= 0.6 is 11.8 Å². The Hall–Kier alpha value is -0.220. The molecule has 1 amide bonds. The second-order valence-corrected chi connectivity index (χ2v) is 5.72. The molecule has 1 aliphatic carbocycles.